The predicted octanol–water partition coefficient (Wildman–Crippen LogP) is 6.15. The number of nitrogens with two attached hydrogens (primary N) is 1. The van der Waals surface area contributed by atoms with Gasteiger partial charge in [0, 0.05) is 32.9 Å². The van der Waals surface area contributed by atoms with Crippen molar-refractivity contribution in [2.24, 2.45) is 0 Å². The average Bonchev–Trinajstić information content (AvgIpc) is 3.07. The number of carbonyl (C=O) groups is 1. The molecule has 0 heterocycles. The van der Waals surface area contributed by atoms with Crippen molar-refractivity contribution in [1.29, 1.82) is 0 Å². The van der Waals surface area contributed by atoms with Crippen LogP contribution in [0.15, 0.2) is 71.6 Å². The summed E-state index contributed by atoms with van der Waals surface area (Å²) < 4.78 is 63.5. The lowest BCUT2D eigenvalue weighted by Crippen LogP contribution is -2.38. The zero-order valence-electron chi connectivity index (χ0n) is 28.9. The first kappa shape index (κ1) is 38.7. The zero-order chi connectivity index (χ0) is 35.3. The summed E-state index contributed by atoms with van der Waals surface area (Å²) in [6.45, 7) is 7.24. The molecule has 0 fully saturated rings. The third-order valence-electron chi connectivity index (χ3n) is 8.13. The fourth-order valence-electron chi connectivity index (χ4n) is 4.92. The quantitative estimate of drug-likeness (QED) is 0.111. The van der Waals surface area contributed by atoms with Gasteiger partial charge in [-0.2, -0.15) is 4.31 Å². The van der Waals surface area contributed by atoms with Gasteiger partial charge in [0.2, 0.25) is 10.0 Å². The lowest BCUT2D eigenvalue weighted by Gasteiger charge is -2.26. The van der Waals surface area contributed by atoms with Crippen LogP contribution in [0.5, 0.6) is 11.5 Å². The zero-order valence-corrected chi connectivity index (χ0v) is 29.7. The second-order valence-corrected chi connectivity index (χ2v) is 14.0. The largest absolute Gasteiger partial charge is 0.497 e. The molecule has 0 aliphatic heterocycles. The van der Waals surface area contributed by atoms with E-state index in [-0.39, 0.29) is 35.6 Å². The van der Waals surface area contributed by atoms with Crippen LogP contribution >= 0.6 is 0 Å². The van der Waals surface area contributed by atoms with E-state index in [9.17, 15) is 17.6 Å². The Morgan fingerprint density at radius 2 is 1.67 bits per heavy atom. The highest BCUT2D eigenvalue weighted by Crippen LogP contribution is 2.26. The van der Waals surface area contributed by atoms with Gasteiger partial charge in [-0.25, -0.2) is 12.8 Å². The Bertz CT molecular complexity index is 1540. The highest BCUT2D eigenvalue weighted by molar-refractivity contribution is 7.89. The van der Waals surface area contributed by atoms with Crippen LogP contribution < -0.4 is 15.2 Å². The third kappa shape index (κ3) is 11.5. The summed E-state index contributed by atoms with van der Waals surface area (Å²) in [6, 6.07) is 17.3. The van der Waals surface area contributed by atoms with E-state index >= 15 is 0 Å². The second kappa shape index (κ2) is 18.7. The normalized spacial score (nSPS) is 13.6. The maximum atomic E-state index is 13.5. The van der Waals surface area contributed by atoms with Crippen molar-refractivity contribution < 1.29 is 36.6 Å². The average molecular weight is 688 g/mol. The van der Waals surface area contributed by atoms with Crippen LogP contribution in [0.2, 0.25) is 0 Å². The number of unbranched alkanes of at least 4 members (excludes halogenated alkanes) is 1. The highest BCUT2D eigenvalue weighted by atomic mass is 32.2. The van der Waals surface area contributed by atoms with E-state index in [0.29, 0.717) is 43.2 Å². The van der Waals surface area contributed by atoms with Crippen LogP contribution in [0.25, 0.3) is 0 Å². The molecule has 0 saturated carbocycles. The molecule has 0 aliphatic carbocycles. The molecule has 0 aromatic heterocycles. The fourth-order valence-corrected chi connectivity index (χ4v) is 6.12. The first-order valence-electron chi connectivity index (χ1n) is 16.2. The van der Waals surface area contributed by atoms with Crippen LogP contribution in [0.3, 0.4) is 0 Å². The lowest BCUT2D eigenvalue weighted by atomic mass is 10.1. The number of rotatable bonds is 20. The molecule has 1 amide bonds. The number of methoxy groups -OCH3 is 1. The number of nitrogens with zero attached hydrogens (tertiary/aromatic N) is 2. The minimum Gasteiger partial charge on any atom is -0.497 e. The van der Waals surface area contributed by atoms with Gasteiger partial charge >= 0.3 is 0 Å². The van der Waals surface area contributed by atoms with E-state index in [1.165, 1.54) is 23.5 Å². The number of hydrogen-bond donors (Lipinski definition) is 1. The van der Waals surface area contributed by atoms with Crippen molar-refractivity contribution in [2.75, 3.05) is 46.7 Å². The summed E-state index contributed by atoms with van der Waals surface area (Å²) >= 11 is 0. The van der Waals surface area contributed by atoms with Crippen molar-refractivity contribution in [3.8, 4) is 11.5 Å². The molecule has 3 unspecified atom stereocenters. The third-order valence-corrected chi connectivity index (χ3v) is 9.96. The van der Waals surface area contributed by atoms with Crippen LogP contribution in [-0.4, -0.2) is 82.7 Å². The van der Waals surface area contributed by atoms with Gasteiger partial charge in [0.25, 0.3) is 5.91 Å². The van der Waals surface area contributed by atoms with Gasteiger partial charge in [-0.1, -0.05) is 19.1 Å². The topological polar surface area (TPSA) is 121 Å². The molecule has 10 nitrogen and oxygen atoms in total. The maximum Gasteiger partial charge on any atom is 0.257 e. The van der Waals surface area contributed by atoms with E-state index in [0.717, 1.165) is 42.7 Å². The van der Waals surface area contributed by atoms with E-state index < -0.39 is 15.8 Å². The van der Waals surface area contributed by atoms with E-state index in [2.05, 4.69) is 0 Å². The Labute approximate surface area is 285 Å². The Balaban J connectivity index is 1.45. The molecule has 2 N–H and O–H groups in total. The summed E-state index contributed by atoms with van der Waals surface area (Å²) in [6.07, 6.45) is 2.46. The van der Waals surface area contributed by atoms with Gasteiger partial charge in [0.1, 0.15) is 17.3 Å². The van der Waals surface area contributed by atoms with E-state index in [1.807, 2.05) is 45.0 Å². The number of nitrogen functional groups attached to an aromatic ring is 1. The van der Waals surface area contributed by atoms with E-state index in [1.54, 1.807) is 37.3 Å². The summed E-state index contributed by atoms with van der Waals surface area (Å²) in [5.74, 6) is 0.542. The van der Waals surface area contributed by atoms with Crippen LogP contribution in [0.4, 0.5) is 10.1 Å². The van der Waals surface area contributed by atoms with Crippen molar-refractivity contribution in [3.63, 3.8) is 0 Å². The monoisotopic (exact) mass is 687 g/mol. The van der Waals surface area contributed by atoms with Crippen molar-refractivity contribution in [2.45, 2.75) is 76.2 Å². The van der Waals surface area contributed by atoms with Gasteiger partial charge in [0.05, 0.1) is 49.0 Å². The molecule has 3 aromatic carbocycles. The molecule has 3 aromatic rings. The van der Waals surface area contributed by atoms with Gasteiger partial charge in [-0.3, -0.25) is 4.79 Å². The van der Waals surface area contributed by atoms with Crippen LogP contribution in [0.1, 0.15) is 62.4 Å². The van der Waals surface area contributed by atoms with Crippen LogP contribution in [0, 0.1) is 5.82 Å². The highest BCUT2D eigenvalue weighted by Gasteiger charge is 2.25. The molecule has 0 spiro atoms. The number of sulfonamides is 1. The molecular formula is C36H50FN3O7S. The molecule has 0 radical (unpaired) electrons. The molecule has 0 saturated heterocycles. The van der Waals surface area contributed by atoms with Crippen LogP contribution in [-0.2, 0) is 26.1 Å². The molecular weight excluding hydrogens is 637 g/mol. The molecule has 0 aliphatic rings. The predicted molar refractivity (Wildman–Crippen MR) is 185 cm³/mol. The minimum absolute atomic E-state index is 0.0390. The van der Waals surface area contributed by atoms with Crippen molar-refractivity contribution in [1.82, 2.24) is 9.21 Å². The molecule has 264 valence electrons. The maximum absolute atomic E-state index is 13.5. The summed E-state index contributed by atoms with van der Waals surface area (Å²) in [5, 5.41) is 0. The first-order valence-corrected chi connectivity index (χ1v) is 17.7. The SMILES string of the molecule is CCC(CN(C)S(=O)(=O)c1ccc(F)cc1)OCCCCC(C)Oc1ccc(N)cc1C(=O)N(C)C(C)COCc1ccc(OC)cc1. The Morgan fingerprint density at radius 3 is 2.31 bits per heavy atom. The molecule has 48 heavy (non-hydrogen) atoms. The Morgan fingerprint density at radius 1 is 0.979 bits per heavy atom. The van der Waals surface area contributed by atoms with Gasteiger partial charge in [0.15, 0.2) is 0 Å². The molecule has 12 heteroatoms. The van der Waals surface area contributed by atoms with Gasteiger partial charge in [-0.05, 0) is 99.7 Å². The molecule has 3 rings (SSSR count). The number of anilines is 1. The summed E-state index contributed by atoms with van der Waals surface area (Å²) in [5.41, 5.74) is 7.92. The summed E-state index contributed by atoms with van der Waals surface area (Å²) in [4.78, 5) is 15.2. The summed E-state index contributed by atoms with van der Waals surface area (Å²) in [7, 11) is 1.10. The smallest absolute Gasteiger partial charge is 0.257 e. The first-order chi connectivity index (χ1) is 22.8. The number of halogens is 1. The lowest BCUT2D eigenvalue weighted by molar-refractivity contribution is 0.0377. The minimum atomic E-state index is -3.75. The Kier molecular flexibility index (Phi) is 15.1. The standard InChI is InChI=1S/C36H50FN3O7S/c1-7-31(23-39(4)48(42,43)33-18-13-29(37)14-19-33)46-21-9-8-10-27(3)47-35-20-15-30(38)22-34(35)36(41)40(5)26(2)24-45-25-28-11-16-32(44-6)17-12-28/h11-20,22,26-27,31H,7-10,21,23-25,38H2,1-6H3. The number of ether oxygens (including phenoxy) is 4. The molecule has 3 atom stereocenters. The number of hydrogen-bond acceptors (Lipinski definition) is 8. The second-order valence-electron chi connectivity index (χ2n) is 11.9. The number of benzene rings is 3. The number of carbonyl (C=O) groups excluding carboxylic acids is 1. The van der Waals surface area contributed by atoms with Crippen molar-refractivity contribution in [3.05, 3.63) is 83.7 Å². The Hall–Kier alpha value is -3.71. The fraction of sp³-hybridized carbons (Fsp3) is 0.472. The van der Waals surface area contributed by atoms with Gasteiger partial charge < -0.3 is 29.6 Å². The van der Waals surface area contributed by atoms with E-state index in [4.69, 9.17) is 24.7 Å². The number of likely N-dealkylation sites (N-methyl/N-ethyl adjacent to an activating group) is 2. The van der Waals surface area contributed by atoms with Crippen molar-refractivity contribution >= 4 is 21.6 Å². The van der Waals surface area contributed by atoms with Gasteiger partial charge in [-0.15, -0.1) is 0 Å². The number of amides is 1. The molecule has 0 bridgehead atoms.